The molecule has 0 aliphatic heterocycles. The predicted molar refractivity (Wildman–Crippen MR) is 65.4 cm³/mol. The summed E-state index contributed by atoms with van der Waals surface area (Å²) in [6.07, 6.45) is 2.43. The summed E-state index contributed by atoms with van der Waals surface area (Å²) >= 11 is 3.31. The second-order valence-electron chi connectivity index (χ2n) is 3.21. The van der Waals surface area contributed by atoms with Gasteiger partial charge in [0.25, 0.3) is 0 Å². The van der Waals surface area contributed by atoms with Crippen LogP contribution in [-0.2, 0) is 6.42 Å². The Bertz CT molecular complexity index is 448. The number of hydrogen-bond donors (Lipinski definition) is 0. The van der Waals surface area contributed by atoms with Gasteiger partial charge < -0.3 is 4.74 Å². The normalized spacial score (nSPS) is 10.1. The average Bonchev–Trinajstić information content (AvgIpc) is 2.30. The molecule has 0 saturated carbocycles. The highest BCUT2D eigenvalue weighted by molar-refractivity contribution is 9.10. The first kappa shape index (κ1) is 11.1. The van der Waals surface area contributed by atoms with Crippen molar-refractivity contribution in [2.45, 2.75) is 6.42 Å². The minimum atomic E-state index is 0.584. The van der Waals surface area contributed by atoms with Gasteiger partial charge in [0.05, 0.1) is 6.61 Å². The van der Waals surface area contributed by atoms with E-state index in [9.17, 15) is 0 Å². The maximum atomic E-state index is 5.55. The molecule has 0 amide bonds. The number of aromatic nitrogens is 2. The molecule has 0 saturated heterocycles. The lowest BCUT2D eigenvalue weighted by molar-refractivity contribution is 0.319. The van der Waals surface area contributed by atoms with Gasteiger partial charge in [-0.3, -0.25) is 0 Å². The van der Waals surface area contributed by atoms with Crippen molar-refractivity contribution in [3.05, 3.63) is 53.0 Å². The van der Waals surface area contributed by atoms with Crippen molar-refractivity contribution >= 4 is 15.9 Å². The van der Waals surface area contributed by atoms with Crippen LogP contribution in [0.4, 0.5) is 0 Å². The zero-order valence-electron chi connectivity index (χ0n) is 8.64. The molecule has 0 aliphatic carbocycles. The van der Waals surface area contributed by atoms with Crippen molar-refractivity contribution in [1.29, 1.82) is 0 Å². The van der Waals surface area contributed by atoms with Gasteiger partial charge in [-0.25, -0.2) is 9.97 Å². The second kappa shape index (κ2) is 5.61. The number of benzene rings is 1. The van der Waals surface area contributed by atoms with Crippen LogP contribution in [0.3, 0.4) is 0 Å². The summed E-state index contributed by atoms with van der Waals surface area (Å²) < 4.78 is 6.36. The number of halogens is 1. The molecule has 3 nitrogen and oxygen atoms in total. The van der Waals surface area contributed by atoms with E-state index < -0.39 is 0 Å². The minimum absolute atomic E-state index is 0.584. The van der Waals surface area contributed by atoms with Gasteiger partial charge in [0.15, 0.2) is 0 Å². The standard InChI is InChI=1S/C12H11BrN2O/c13-11-6-8-14-12(15-11)7-9-16-10-4-2-1-3-5-10/h1-6,8H,7,9H2. The first-order chi connectivity index (χ1) is 7.84. The highest BCUT2D eigenvalue weighted by Crippen LogP contribution is 2.09. The topological polar surface area (TPSA) is 35.0 Å². The zero-order chi connectivity index (χ0) is 11.2. The van der Waals surface area contributed by atoms with E-state index in [-0.39, 0.29) is 0 Å². The van der Waals surface area contributed by atoms with Crippen LogP contribution < -0.4 is 4.74 Å². The third-order valence-corrected chi connectivity index (χ3v) is 2.45. The van der Waals surface area contributed by atoms with Crippen LogP contribution in [0.2, 0.25) is 0 Å². The van der Waals surface area contributed by atoms with Crippen LogP contribution in [0.25, 0.3) is 0 Å². The van der Waals surface area contributed by atoms with E-state index in [1.807, 2.05) is 36.4 Å². The molecule has 0 unspecified atom stereocenters. The Morgan fingerprint density at radius 2 is 1.94 bits per heavy atom. The van der Waals surface area contributed by atoms with Crippen LogP contribution in [0.15, 0.2) is 47.2 Å². The lowest BCUT2D eigenvalue weighted by Gasteiger charge is -2.04. The van der Waals surface area contributed by atoms with Crippen LogP contribution in [0, 0.1) is 0 Å². The first-order valence-electron chi connectivity index (χ1n) is 5.00. The number of nitrogens with zero attached hydrogens (tertiary/aromatic N) is 2. The van der Waals surface area contributed by atoms with E-state index in [2.05, 4.69) is 25.9 Å². The Labute approximate surface area is 103 Å². The molecule has 82 valence electrons. The van der Waals surface area contributed by atoms with Crippen molar-refractivity contribution in [2.24, 2.45) is 0 Å². The Morgan fingerprint density at radius 3 is 2.69 bits per heavy atom. The molecule has 1 heterocycles. The molecule has 16 heavy (non-hydrogen) atoms. The number of ether oxygens (including phenoxy) is 1. The largest absolute Gasteiger partial charge is 0.493 e. The van der Waals surface area contributed by atoms with Gasteiger partial charge in [-0.2, -0.15) is 0 Å². The van der Waals surface area contributed by atoms with E-state index in [4.69, 9.17) is 4.74 Å². The Balaban J connectivity index is 1.85. The molecule has 0 spiro atoms. The van der Waals surface area contributed by atoms with Crippen LogP contribution in [-0.4, -0.2) is 16.6 Å². The number of hydrogen-bond acceptors (Lipinski definition) is 3. The molecule has 0 radical (unpaired) electrons. The van der Waals surface area contributed by atoms with Gasteiger partial charge in [0, 0.05) is 12.6 Å². The van der Waals surface area contributed by atoms with E-state index >= 15 is 0 Å². The molecule has 0 fully saturated rings. The van der Waals surface area contributed by atoms with Crippen LogP contribution in [0.1, 0.15) is 5.82 Å². The summed E-state index contributed by atoms with van der Waals surface area (Å²) in [5.74, 6) is 1.66. The van der Waals surface area contributed by atoms with Crippen molar-refractivity contribution in [3.8, 4) is 5.75 Å². The van der Waals surface area contributed by atoms with Gasteiger partial charge in [0.1, 0.15) is 16.2 Å². The highest BCUT2D eigenvalue weighted by atomic mass is 79.9. The van der Waals surface area contributed by atoms with E-state index in [0.717, 1.165) is 16.2 Å². The zero-order valence-corrected chi connectivity index (χ0v) is 10.2. The fraction of sp³-hybridized carbons (Fsp3) is 0.167. The van der Waals surface area contributed by atoms with Crippen molar-refractivity contribution in [3.63, 3.8) is 0 Å². The van der Waals surface area contributed by atoms with E-state index in [1.54, 1.807) is 6.20 Å². The molecule has 0 bridgehead atoms. The van der Waals surface area contributed by atoms with E-state index in [0.29, 0.717) is 13.0 Å². The Hall–Kier alpha value is -1.42. The summed E-state index contributed by atoms with van der Waals surface area (Å²) in [5.41, 5.74) is 0. The lowest BCUT2D eigenvalue weighted by Crippen LogP contribution is -2.04. The Kier molecular flexibility index (Phi) is 3.88. The maximum Gasteiger partial charge on any atom is 0.132 e. The van der Waals surface area contributed by atoms with Gasteiger partial charge in [0.2, 0.25) is 0 Å². The monoisotopic (exact) mass is 278 g/mol. The molecule has 0 atom stereocenters. The second-order valence-corrected chi connectivity index (χ2v) is 4.02. The highest BCUT2D eigenvalue weighted by Gasteiger charge is 1.98. The van der Waals surface area contributed by atoms with E-state index in [1.165, 1.54) is 0 Å². The average molecular weight is 279 g/mol. The molecular weight excluding hydrogens is 268 g/mol. The Morgan fingerprint density at radius 1 is 1.12 bits per heavy atom. The van der Waals surface area contributed by atoms with Crippen molar-refractivity contribution in [1.82, 2.24) is 9.97 Å². The molecule has 0 N–H and O–H groups in total. The molecular formula is C12H11BrN2O. The van der Waals surface area contributed by atoms with Gasteiger partial charge in [-0.1, -0.05) is 18.2 Å². The molecule has 1 aromatic heterocycles. The molecule has 0 aliphatic rings. The molecule has 4 heteroatoms. The number of para-hydroxylation sites is 1. The molecule has 2 aromatic rings. The summed E-state index contributed by atoms with van der Waals surface area (Å²) in [6, 6.07) is 11.5. The summed E-state index contributed by atoms with van der Waals surface area (Å²) in [5, 5.41) is 0. The molecule has 2 rings (SSSR count). The predicted octanol–water partition coefficient (Wildman–Crippen LogP) is 2.86. The van der Waals surface area contributed by atoms with Crippen LogP contribution >= 0.6 is 15.9 Å². The fourth-order valence-corrected chi connectivity index (χ4v) is 1.59. The minimum Gasteiger partial charge on any atom is -0.493 e. The van der Waals surface area contributed by atoms with Crippen molar-refractivity contribution < 1.29 is 4.74 Å². The third-order valence-electron chi connectivity index (χ3n) is 2.01. The first-order valence-corrected chi connectivity index (χ1v) is 5.79. The van der Waals surface area contributed by atoms with Gasteiger partial charge in [-0.05, 0) is 34.1 Å². The van der Waals surface area contributed by atoms with Crippen LogP contribution in [0.5, 0.6) is 5.75 Å². The summed E-state index contributed by atoms with van der Waals surface area (Å²) in [4.78, 5) is 8.38. The summed E-state index contributed by atoms with van der Waals surface area (Å²) in [7, 11) is 0. The maximum absolute atomic E-state index is 5.55. The van der Waals surface area contributed by atoms with Gasteiger partial charge >= 0.3 is 0 Å². The summed E-state index contributed by atoms with van der Waals surface area (Å²) in [6.45, 7) is 0.584. The molecule has 1 aromatic carbocycles. The fourth-order valence-electron chi connectivity index (χ4n) is 1.27. The van der Waals surface area contributed by atoms with Crippen molar-refractivity contribution in [2.75, 3.05) is 6.61 Å². The third kappa shape index (κ3) is 3.31. The number of rotatable bonds is 4. The lowest BCUT2D eigenvalue weighted by atomic mass is 10.3. The smallest absolute Gasteiger partial charge is 0.132 e. The quantitative estimate of drug-likeness (QED) is 0.807. The van der Waals surface area contributed by atoms with Gasteiger partial charge in [-0.15, -0.1) is 0 Å². The SMILES string of the molecule is Brc1ccnc(CCOc2ccccc2)n1.